The maximum absolute atomic E-state index is 3.70. The average Bonchev–Trinajstić information content (AvgIpc) is 3.19. The Balaban J connectivity index is 1.91. The van der Waals surface area contributed by atoms with Crippen molar-refractivity contribution in [3.63, 3.8) is 0 Å². The van der Waals surface area contributed by atoms with Crippen LogP contribution in [0.5, 0.6) is 0 Å². The molecule has 1 aromatic rings. The molecular formula is C16H26N2. The maximum atomic E-state index is 3.70. The number of aryl methyl sites for hydroxylation is 1. The van der Waals surface area contributed by atoms with Gasteiger partial charge in [-0.3, -0.25) is 0 Å². The zero-order valence-corrected chi connectivity index (χ0v) is 11.9. The predicted octanol–water partition coefficient (Wildman–Crippen LogP) is 3.21. The van der Waals surface area contributed by atoms with Crippen LogP contribution in [0.4, 0.5) is 5.69 Å². The third kappa shape index (κ3) is 3.74. The van der Waals surface area contributed by atoms with E-state index in [0.717, 1.165) is 19.0 Å². The van der Waals surface area contributed by atoms with Gasteiger partial charge in [-0.25, -0.2) is 0 Å². The van der Waals surface area contributed by atoms with E-state index in [1.54, 1.807) is 0 Å². The van der Waals surface area contributed by atoms with Gasteiger partial charge in [-0.05, 0) is 50.8 Å². The van der Waals surface area contributed by atoms with Crippen LogP contribution in [-0.4, -0.2) is 26.2 Å². The van der Waals surface area contributed by atoms with E-state index in [1.807, 2.05) is 0 Å². The second-order valence-corrected chi connectivity index (χ2v) is 5.61. The summed E-state index contributed by atoms with van der Waals surface area (Å²) in [6.45, 7) is 6.64. The first-order valence-corrected chi connectivity index (χ1v) is 7.22. The number of hydrogen-bond donors (Lipinski definition) is 1. The highest BCUT2D eigenvalue weighted by molar-refractivity contribution is 5.46. The largest absolute Gasteiger partial charge is 0.373 e. The van der Waals surface area contributed by atoms with Gasteiger partial charge in [-0.1, -0.05) is 24.6 Å². The molecular weight excluding hydrogens is 220 g/mol. The lowest BCUT2D eigenvalue weighted by atomic mass is 10.1. The Morgan fingerprint density at radius 3 is 2.50 bits per heavy atom. The molecule has 0 aromatic heterocycles. The van der Waals surface area contributed by atoms with Crippen LogP contribution in [0, 0.1) is 12.8 Å². The summed E-state index contributed by atoms with van der Waals surface area (Å²) in [5.41, 5.74) is 2.65. The van der Waals surface area contributed by atoms with E-state index in [2.05, 4.69) is 55.4 Å². The molecule has 0 amide bonds. The van der Waals surface area contributed by atoms with Crippen LogP contribution in [-0.2, 0) is 0 Å². The van der Waals surface area contributed by atoms with E-state index >= 15 is 0 Å². The SMILES string of the molecule is CCCNC(CN(C)c1ccc(C)cc1)C1CC1. The Hall–Kier alpha value is -1.02. The number of benzene rings is 1. The zero-order chi connectivity index (χ0) is 13.0. The van der Waals surface area contributed by atoms with Crippen LogP contribution in [0.3, 0.4) is 0 Å². The Kier molecular flexibility index (Phi) is 4.65. The summed E-state index contributed by atoms with van der Waals surface area (Å²) in [5.74, 6) is 0.907. The molecule has 0 bridgehead atoms. The second-order valence-electron chi connectivity index (χ2n) is 5.61. The number of rotatable bonds is 7. The quantitative estimate of drug-likeness (QED) is 0.795. The first kappa shape index (κ1) is 13.4. The average molecular weight is 246 g/mol. The van der Waals surface area contributed by atoms with Crippen LogP contribution in [0.15, 0.2) is 24.3 Å². The van der Waals surface area contributed by atoms with Crippen molar-refractivity contribution in [2.45, 2.75) is 39.2 Å². The molecule has 18 heavy (non-hydrogen) atoms. The summed E-state index contributed by atoms with van der Waals surface area (Å²) in [5, 5.41) is 3.70. The van der Waals surface area contributed by atoms with E-state index < -0.39 is 0 Å². The van der Waals surface area contributed by atoms with Gasteiger partial charge in [0, 0.05) is 25.3 Å². The first-order chi connectivity index (χ1) is 8.70. The molecule has 1 fully saturated rings. The Morgan fingerprint density at radius 2 is 1.94 bits per heavy atom. The lowest BCUT2D eigenvalue weighted by Crippen LogP contribution is -2.41. The molecule has 1 saturated carbocycles. The lowest BCUT2D eigenvalue weighted by Gasteiger charge is -2.26. The molecule has 1 aliphatic carbocycles. The molecule has 2 rings (SSSR count). The van der Waals surface area contributed by atoms with Crippen LogP contribution in [0.1, 0.15) is 31.7 Å². The third-order valence-corrected chi connectivity index (χ3v) is 3.79. The van der Waals surface area contributed by atoms with Gasteiger partial charge in [-0.15, -0.1) is 0 Å². The molecule has 0 aliphatic heterocycles. The van der Waals surface area contributed by atoms with E-state index in [1.165, 1.54) is 30.5 Å². The Bertz CT molecular complexity index is 354. The van der Waals surface area contributed by atoms with Crippen LogP contribution in [0.2, 0.25) is 0 Å². The molecule has 1 N–H and O–H groups in total. The van der Waals surface area contributed by atoms with Gasteiger partial charge in [0.2, 0.25) is 0 Å². The van der Waals surface area contributed by atoms with Gasteiger partial charge < -0.3 is 10.2 Å². The molecule has 1 aliphatic rings. The molecule has 100 valence electrons. The molecule has 0 heterocycles. The molecule has 2 nitrogen and oxygen atoms in total. The van der Waals surface area contributed by atoms with Crippen molar-refractivity contribution in [2.75, 3.05) is 25.0 Å². The number of nitrogens with zero attached hydrogens (tertiary/aromatic N) is 1. The smallest absolute Gasteiger partial charge is 0.0364 e. The second kappa shape index (κ2) is 6.24. The van der Waals surface area contributed by atoms with Crippen LogP contribution in [0.25, 0.3) is 0 Å². The fourth-order valence-corrected chi connectivity index (χ4v) is 2.41. The molecule has 0 radical (unpaired) electrons. The van der Waals surface area contributed by atoms with Gasteiger partial charge in [0.1, 0.15) is 0 Å². The minimum Gasteiger partial charge on any atom is -0.373 e. The third-order valence-electron chi connectivity index (χ3n) is 3.79. The zero-order valence-electron chi connectivity index (χ0n) is 11.9. The highest BCUT2D eigenvalue weighted by Gasteiger charge is 2.31. The minimum absolute atomic E-state index is 0.663. The summed E-state index contributed by atoms with van der Waals surface area (Å²) in [4.78, 5) is 2.38. The molecule has 0 spiro atoms. The maximum Gasteiger partial charge on any atom is 0.0364 e. The predicted molar refractivity (Wildman–Crippen MR) is 79.3 cm³/mol. The van der Waals surface area contributed by atoms with E-state index in [4.69, 9.17) is 0 Å². The van der Waals surface area contributed by atoms with E-state index in [9.17, 15) is 0 Å². The van der Waals surface area contributed by atoms with Crippen molar-refractivity contribution in [3.8, 4) is 0 Å². The standard InChI is InChI=1S/C16H26N2/c1-4-11-17-16(14-7-8-14)12-18(3)15-9-5-13(2)6-10-15/h5-6,9-10,14,16-17H,4,7-8,11-12H2,1-3H3. The van der Waals surface area contributed by atoms with Crippen molar-refractivity contribution in [2.24, 2.45) is 5.92 Å². The fraction of sp³-hybridized carbons (Fsp3) is 0.625. The van der Waals surface area contributed by atoms with Gasteiger partial charge in [0.25, 0.3) is 0 Å². The van der Waals surface area contributed by atoms with E-state index in [0.29, 0.717) is 6.04 Å². The number of hydrogen-bond acceptors (Lipinski definition) is 2. The number of anilines is 1. The van der Waals surface area contributed by atoms with Crippen LogP contribution >= 0.6 is 0 Å². The normalized spacial score (nSPS) is 16.6. The number of likely N-dealkylation sites (N-methyl/N-ethyl adjacent to an activating group) is 1. The van der Waals surface area contributed by atoms with Crippen molar-refractivity contribution in [1.29, 1.82) is 0 Å². The lowest BCUT2D eigenvalue weighted by molar-refractivity contribution is 0.463. The van der Waals surface area contributed by atoms with Crippen molar-refractivity contribution in [3.05, 3.63) is 29.8 Å². The first-order valence-electron chi connectivity index (χ1n) is 7.22. The Morgan fingerprint density at radius 1 is 1.28 bits per heavy atom. The van der Waals surface area contributed by atoms with Crippen molar-refractivity contribution < 1.29 is 0 Å². The van der Waals surface area contributed by atoms with Gasteiger partial charge in [-0.2, -0.15) is 0 Å². The van der Waals surface area contributed by atoms with E-state index in [-0.39, 0.29) is 0 Å². The van der Waals surface area contributed by atoms with Gasteiger partial charge >= 0.3 is 0 Å². The highest BCUT2D eigenvalue weighted by atomic mass is 15.1. The Labute approximate surface area is 111 Å². The monoisotopic (exact) mass is 246 g/mol. The minimum atomic E-state index is 0.663. The van der Waals surface area contributed by atoms with Gasteiger partial charge in [0.05, 0.1) is 0 Å². The molecule has 0 saturated heterocycles. The summed E-state index contributed by atoms with van der Waals surface area (Å²) < 4.78 is 0. The van der Waals surface area contributed by atoms with Gasteiger partial charge in [0.15, 0.2) is 0 Å². The molecule has 1 atom stereocenters. The molecule has 1 aromatic carbocycles. The summed E-state index contributed by atoms with van der Waals surface area (Å²) in [7, 11) is 2.20. The fourth-order valence-electron chi connectivity index (χ4n) is 2.41. The topological polar surface area (TPSA) is 15.3 Å². The van der Waals surface area contributed by atoms with Crippen molar-refractivity contribution in [1.82, 2.24) is 5.32 Å². The summed E-state index contributed by atoms with van der Waals surface area (Å²) >= 11 is 0. The summed E-state index contributed by atoms with van der Waals surface area (Å²) in [6, 6.07) is 9.49. The van der Waals surface area contributed by atoms with Crippen LogP contribution < -0.4 is 10.2 Å². The molecule has 1 unspecified atom stereocenters. The molecule has 2 heteroatoms. The number of nitrogens with one attached hydrogen (secondary N) is 1. The highest BCUT2D eigenvalue weighted by Crippen LogP contribution is 2.33. The van der Waals surface area contributed by atoms with Crippen molar-refractivity contribution >= 4 is 5.69 Å². The summed E-state index contributed by atoms with van der Waals surface area (Å²) in [6.07, 6.45) is 4.03.